The summed E-state index contributed by atoms with van der Waals surface area (Å²) in [5, 5.41) is 5.34. The molecule has 0 atom stereocenters. The molecule has 4 heteroatoms. The number of hydrogen-bond acceptors (Lipinski definition) is 4. The lowest BCUT2D eigenvalue weighted by Crippen LogP contribution is -2.04. The summed E-state index contributed by atoms with van der Waals surface area (Å²) in [6, 6.07) is 7.20. The Morgan fingerprint density at radius 1 is 1.47 bits per heavy atom. The van der Waals surface area contributed by atoms with Crippen LogP contribution < -0.4 is 5.14 Å². The van der Waals surface area contributed by atoms with E-state index < -0.39 is 0 Å². The molecule has 0 aliphatic heterocycles. The van der Waals surface area contributed by atoms with E-state index in [9.17, 15) is 4.79 Å². The number of carbonyl (C=O) groups is 1. The fraction of sp³-hybridized carbons (Fsp3) is 0.182. The van der Waals surface area contributed by atoms with E-state index in [4.69, 9.17) is 9.88 Å². The average molecular weight is 223 g/mol. The number of hydrogen-bond donors (Lipinski definition) is 1. The predicted molar refractivity (Wildman–Crippen MR) is 62.4 cm³/mol. The van der Waals surface area contributed by atoms with Gasteiger partial charge in [0.2, 0.25) is 0 Å². The SMILES string of the molecule is C=CCOC(=O)c1ccc(CSN)cc1. The summed E-state index contributed by atoms with van der Waals surface area (Å²) in [7, 11) is 0. The van der Waals surface area contributed by atoms with E-state index in [1.165, 1.54) is 18.0 Å². The van der Waals surface area contributed by atoms with Gasteiger partial charge in [0, 0.05) is 5.75 Å². The molecular formula is C11H13NO2S. The lowest BCUT2D eigenvalue weighted by molar-refractivity contribution is 0.0550. The second-order valence-electron chi connectivity index (χ2n) is 2.90. The number of rotatable bonds is 5. The van der Waals surface area contributed by atoms with Gasteiger partial charge in [0.05, 0.1) is 5.56 Å². The number of ether oxygens (including phenoxy) is 1. The van der Waals surface area contributed by atoms with Crippen LogP contribution in [-0.4, -0.2) is 12.6 Å². The molecule has 0 radical (unpaired) electrons. The van der Waals surface area contributed by atoms with E-state index in [0.717, 1.165) is 11.3 Å². The molecule has 0 unspecified atom stereocenters. The minimum Gasteiger partial charge on any atom is -0.458 e. The number of esters is 1. The summed E-state index contributed by atoms with van der Waals surface area (Å²) < 4.78 is 4.89. The van der Waals surface area contributed by atoms with Crippen molar-refractivity contribution in [3.05, 3.63) is 48.0 Å². The van der Waals surface area contributed by atoms with Crippen molar-refractivity contribution in [2.45, 2.75) is 5.75 Å². The third-order valence-electron chi connectivity index (χ3n) is 1.77. The van der Waals surface area contributed by atoms with Crippen molar-refractivity contribution in [1.82, 2.24) is 0 Å². The van der Waals surface area contributed by atoms with Crippen molar-refractivity contribution in [1.29, 1.82) is 0 Å². The quantitative estimate of drug-likeness (QED) is 0.472. The van der Waals surface area contributed by atoms with Gasteiger partial charge in [0.1, 0.15) is 6.61 Å². The molecule has 0 fully saturated rings. The minimum absolute atomic E-state index is 0.235. The summed E-state index contributed by atoms with van der Waals surface area (Å²) in [4.78, 5) is 11.4. The van der Waals surface area contributed by atoms with Crippen LogP contribution in [0.1, 0.15) is 15.9 Å². The van der Waals surface area contributed by atoms with Gasteiger partial charge in [0.15, 0.2) is 0 Å². The van der Waals surface area contributed by atoms with Crippen molar-refractivity contribution < 1.29 is 9.53 Å². The van der Waals surface area contributed by atoms with Crippen molar-refractivity contribution >= 4 is 17.9 Å². The fourth-order valence-corrected chi connectivity index (χ4v) is 1.44. The van der Waals surface area contributed by atoms with E-state index in [-0.39, 0.29) is 12.6 Å². The number of benzene rings is 1. The molecule has 0 aromatic heterocycles. The highest BCUT2D eigenvalue weighted by molar-refractivity contribution is 7.96. The smallest absolute Gasteiger partial charge is 0.338 e. The lowest BCUT2D eigenvalue weighted by Gasteiger charge is -2.02. The summed E-state index contributed by atoms with van der Waals surface area (Å²) >= 11 is 1.25. The second kappa shape index (κ2) is 6.27. The maximum Gasteiger partial charge on any atom is 0.338 e. The van der Waals surface area contributed by atoms with Gasteiger partial charge in [-0.3, -0.25) is 5.14 Å². The first-order valence-corrected chi connectivity index (χ1v) is 5.51. The highest BCUT2D eigenvalue weighted by Gasteiger charge is 2.05. The molecule has 0 aliphatic carbocycles. The maximum absolute atomic E-state index is 11.4. The van der Waals surface area contributed by atoms with Gasteiger partial charge in [-0.1, -0.05) is 36.7 Å². The monoisotopic (exact) mass is 223 g/mol. The van der Waals surface area contributed by atoms with Crippen LogP contribution in [0.4, 0.5) is 0 Å². The molecule has 80 valence electrons. The molecule has 0 saturated heterocycles. The van der Waals surface area contributed by atoms with Crippen molar-refractivity contribution in [2.75, 3.05) is 6.61 Å². The fourth-order valence-electron chi connectivity index (χ4n) is 1.05. The first-order valence-electron chi connectivity index (χ1n) is 4.46. The first-order chi connectivity index (χ1) is 7.27. The molecule has 2 N–H and O–H groups in total. The third kappa shape index (κ3) is 3.77. The Bertz CT molecular complexity index is 335. The Morgan fingerprint density at radius 2 is 2.13 bits per heavy atom. The lowest BCUT2D eigenvalue weighted by atomic mass is 10.1. The maximum atomic E-state index is 11.4. The Balaban J connectivity index is 2.62. The zero-order chi connectivity index (χ0) is 11.1. The van der Waals surface area contributed by atoms with Gasteiger partial charge >= 0.3 is 5.97 Å². The Kier molecular flexibility index (Phi) is 4.93. The molecule has 1 aromatic rings. The molecule has 0 spiro atoms. The highest BCUT2D eigenvalue weighted by Crippen LogP contribution is 2.09. The van der Waals surface area contributed by atoms with Gasteiger partial charge in [-0.25, -0.2) is 4.79 Å². The molecule has 3 nitrogen and oxygen atoms in total. The standard InChI is InChI=1S/C11H13NO2S/c1-2-7-14-11(13)10-5-3-9(4-6-10)8-15-12/h2-6H,1,7-8,12H2. The molecule has 15 heavy (non-hydrogen) atoms. The van der Waals surface area contributed by atoms with Crippen LogP contribution in [0.5, 0.6) is 0 Å². The summed E-state index contributed by atoms with van der Waals surface area (Å²) in [5.74, 6) is 0.406. The molecule has 0 saturated carbocycles. The van der Waals surface area contributed by atoms with E-state index in [0.29, 0.717) is 5.56 Å². The summed E-state index contributed by atoms with van der Waals surface area (Å²) in [6.07, 6.45) is 1.54. The molecule has 0 amide bonds. The zero-order valence-corrected chi connectivity index (χ0v) is 9.13. The van der Waals surface area contributed by atoms with E-state index in [1.54, 1.807) is 12.1 Å². The van der Waals surface area contributed by atoms with Crippen molar-refractivity contribution in [3.63, 3.8) is 0 Å². The normalized spacial score (nSPS) is 9.67. The van der Waals surface area contributed by atoms with Gasteiger partial charge in [-0.15, -0.1) is 0 Å². The Morgan fingerprint density at radius 3 is 2.67 bits per heavy atom. The van der Waals surface area contributed by atoms with Gasteiger partial charge < -0.3 is 4.74 Å². The van der Waals surface area contributed by atoms with Crippen LogP contribution in [0.15, 0.2) is 36.9 Å². The Labute approximate surface area is 93.4 Å². The topological polar surface area (TPSA) is 52.3 Å². The molecule has 0 aliphatic rings. The minimum atomic E-state index is -0.332. The number of carbonyl (C=O) groups excluding carboxylic acids is 1. The molecule has 0 bridgehead atoms. The van der Waals surface area contributed by atoms with Crippen molar-refractivity contribution in [2.24, 2.45) is 5.14 Å². The zero-order valence-electron chi connectivity index (χ0n) is 8.31. The summed E-state index contributed by atoms with van der Waals surface area (Å²) in [6.45, 7) is 3.71. The first kappa shape index (κ1) is 11.8. The van der Waals surface area contributed by atoms with Crippen LogP contribution in [0, 0.1) is 0 Å². The van der Waals surface area contributed by atoms with Crippen LogP contribution in [0.3, 0.4) is 0 Å². The Hall–Kier alpha value is -1.26. The van der Waals surface area contributed by atoms with Gasteiger partial charge in [0.25, 0.3) is 0 Å². The largest absolute Gasteiger partial charge is 0.458 e. The molecular weight excluding hydrogens is 210 g/mol. The van der Waals surface area contributed by atoms with Crippen LogP contribution in [0.2, 0.25) is 0 Å². The van der Waals surface area contributed by atoms with E-state index in [2.05, 4.69) is 6.58 Å². The van der Waals surface area contributed by atoms with Crippen LogP contribution >= 0.6 is 11.9 Å². The van der Waals surface area contributed by atoms with E-state index in [1.807, 2.05) is 12.1 Å². The average Bonchev–Trinajstić information content (AvgIpc) is 2.27. The summed E-state index contributed by atoms with van der Waals surface area (Å²) in [5.41, 5.74) is 1.63. The van der Waals surface area contributed by atoms with Crippen LogP contribution in [-0.2, 0) is 10.5 Å². The predicted octanol–water partition coefficient (Wildman–Crippen LogP) is 2.14. The van der Waals surface area contributed by atoms with Gasteiger partial charge in [-0.2, -0.15) is 0 Å². The second-order valence-corrected chi connectivity index (χ2v) is 3.52. The molecule has 0 heterocycles. The highest BCUT2D eigenvalue weighted by atomic mass is 32.2. The molecule has 1 aromatic carbocycles. The van der Waals surface area contributed by atoms with Crippen LogP contribution in [0.25, 0.3) is 0 Å². The number of nitrogens with two attached hydrogens (primary N) is 1. The third-order valence-corrected chi connectivity index (χ3v) is 2.27. The van der Waals surface area contributed by atoms with Crippen molar-refractivity contribution in [3.8, 4) is 0 Å². The van der Waals surface area contributed by atoms with E-state index >= 15 is 0 Å². The van der Waals surface area contributed by atoms with Gasteiger partial charge in [-0.05, 0) is 17.7 Å². The molecule has 1 rings (SSSR count).